The molecule has 0 saturated heterocycles. The standard InChI is InChI=1S/C12H13F2NO2/c13-9-5-10(14)11(15-6-9)7-1-3-8(4-2-7)12(16)17/h5-8H,1-4H2,(H,16,17)/t7-,8-. The number of nitrogens with zero attached hydrogens (tertiary/aromatic N) is 1. The molecule has 0 bridgehead atoms. The summed E-state index contributed by atoms with van der Waals surface area (Å²) in [6.07, 6.45) is 3.23. The summed E-state index contributed by atoms with van der Waals surface area (Å²) in [6, 6.07) is 0.825. The number of rotatable bonds is 2. The van der Waals surface area contributed by atoms with Crippen molar-refractivity contribution in [2.45, 2.75) is 31.6 Å². The van der Waals surface area contributed by atoms with Gasteiger partial charge in [-0.2, -0.15) is 0 Å². The molecule has 1 aliphatic rings. The van der Waals surface area contributed by atoms with Crippen LogP contribution in [0.4, 0.5) is 8.78 Å². The van der Waals surface area contributed by atoms with Gasteiger partial charge in [0.15, 0.2) is 0 Å². The van der Waals surface area contributed by atoms with E-state index in [1.54, 1.807) is 0 Å². The quantitative estimate of drug-likeness (QED) is 0.866. The first-order valence-electron chi connectivity index (χ1n) is 5.61. The Morgan fingerprint density at radius 2 is 1.94 bits per heavy atom. The smallest absolute Gasteiger partial charge is 0.306 e. The van der Waals surface area contributed by atoms with Crippen LogP contribution in [0.3, 0.4) is 0 Å². The molecule has 1 aromatic rings. The first-order valence-corrected chi connectivity index (χ1v) is 5.61. The summed E-state index contributed by atoms with van der Waals surface area (Å²) >= 11 is 0. The number of aromatic nitrogens is 1. The second kappa shape index (κ2) is 4.77. The molecular weight excluding hydrogens is 228 g/mol. The van der Waals surface area contributed by atoms with Gasteiger partial charge in [-0.1, -0.05) is 0 Å². The zero-order chi connectivity index (χ0) is 12.4. The van der Waals surface area contributed by atoms with Crippen LogP contribution < -0.4 is 0 Å². The number of hydrogen-bond acceptors (Lipinski definition) is 2. The Morgan fingerprint density at radius 1 is 1.29 bits per heavy atom. The molecule has 3 nitrogen and oxygen atoms in total. The van der Waals surface area contributed by atoms with E-state index in [0.717, 1.165) is 12.3 Å². The van der Waals surface area contributed by atoms with Crippen LogP contribution in [-0.2, 0) is 4.79 Å². The van der Waals surface area contributed by atoms with Gasteiger partial charge in [0.25, 0.3) is 0 Å². The number of carboxylic acid groups (broad SMARTS) is 1. The van der Waals surface area contributed by atoms with Gasteiger partial charge in [0.2, 0.25) is 0 Å². The first-order chi connectivity index (χ1) is 8.08. The molecule has 1 saturated carbocycles. The van der Waals surface area contributed by atoms with E-state index in [-0.39, 0.29) is 17.5 Å². The van der Waals surface area contributed by atoms with E-state index in [4.69, 9.17) is 5.11 Å². The van der Waals surface area contributed by atoms with Gasteiger partial charge in [-0.05, 0) is 25.7 Å². The molecule has 2 rings (SSSR count). The summed E-state index contributed by atoms with van der Waals surface area (Å²) in [6.45, 7) is 0. The molecule has 0 aromatic carbocycles. The molecule has 0 atom stereocenters. The van der Waals surface area contributed by atoms with Crippen LogP contribution in [0.15, 0.2) is 12.3 Å². The molecule has 0 unspecified atom stereocenters. The number of aliphatic carboxylic acids is 1. The third-order valence-electron chi connectivity index (χ3n) is 3.30. The highest BCUT2D eigenvalue weighted by atomic mass is 19.1. The highest BCUT2D eigenvalue weighted by Gasteiger charge is 2.28. The lowest BCUT2D eigenvalue weighted by atomic mass is 9.80. The molecule has 1 N–H and O–H groups in total. The van der Waals surface area contributed by atoms with Crippen LogP contribution in [0.2, 0.25) is 0 Å². The SMILES string of the molecule is O=C(O)[C@H]1CC[C@H](c2ncc(F)cc2F)CC1. The molecule has 0 spiro atoms. The van der Waals surface area contributed by atoms with E-state index in [9.17, 15) is 13.6 Å². The summed E-state index contributed by atoms with van der Waals surface area (Å²) < 4.78 is 26.2. The summed E-state index contributed by atoms with van der Waals surface area (Å²) in [5, 5.41) is 8.85. The average molecular weight is 241 g/mol. The Bertz CT molecular complexity index is 429. The molecule has 17 heavy (non-hydrogen) atoms. The van der Waals surface area contributed by atoms with E-state index in [1.807, 2.05) is 0 Å². The van der Waals surface area contributed by atoms with Gasteiger partial charge in [0.1, 0.15) is 11.6 Å². The van der Waals surface area contributed by atoms with Crippen LogP contribution in [-0.4, -0.2) is 16.1 Å². The van der Waals surface area contributed by atoms with Crippen molar-refractivity contribution in [2.24, 2.45) is 5.92 Å². The number of pyridine rings is 1. The predicted octanol–water partition coefficient (Wildman–Crippen LogP) is 2.72. The normalized spacial score (nSPS) is 24.6. The highest BCUT2D eigenvalue weighted by Crippen LogP contribution is 2.35. The molecule has 1 fully saturated rings. The zero-order valence-electron chi connectivity index (χ0n) is 9.20. The summed E-state index contributed by atoms with van der Waals surface area (Å²) in [5.74, 6) is -2.55. The monoisotopic (exact) mass is 241 g/mol. The Hall–Kier alpha value is -1.52. The Kier molecular flexibility index (Phi) is 3.36. The lowest BCUT2D eigenvalue weighted by molar-refractivity contribution is -0.142. The minimum atomic E-state index is -0.795. The third kappa shape index (κ3) is 2.60. The number of carbonyl (C=O) groups is 1. The van der Waals surface area contributed by atoms with E-state index in [2.05, 4.69) is 4.98 Å². The third-order valence-corrected chi connectivity index (χ3v) is 3.30. The Balaban J connectivity index is 2.08. The molecular formula is C12H13F2NO2. The van der Waals surface area contributed by atoms with Gasteiger partial charge < -0.3 is 5.11 Å². The molecule has 1 heterocycles. The minimum Gasteiger partial charge on any atom is -0.481 e. The predicted molar refractivity (Wildman–Crippen MR) is 56.5 cm³/mol. The van der Waals surface area contributed by atoms with Crippen LogP contribution in [0.1, 0.15) is 37.3 Å². The fourth-order valence-corrected chi connectivity index (χ4v) is 2.34. The Morgan fingerprint density at radius 3 is 2.47 bits per heavy atom. The van der Waals surface area contributed by atoms with Crippen molar-refractivity contribution in [3.63, 3.8) is 0 Å². The molecule has 1 aliphatic carbocycles. The van der Waals surface area contributed by atoms with Gasteiger partial charge in [0.05, 0.1) is 17.8 Å². The van der Waals surface area contributed by atoms with Crippen molar-refractivity contribution in [1.29, 1.82) is 0 Å². The number of halogens is 2. The highest BCUT2D eigenvalue weighted by molar-refractivity contribution is 5.70. The van der Waals surface area contributed by atoms with E-state index >= 15 is 0 Å². The minimum absolute atomic E-state index is 0.0915. The largest absolute Gasteiger partial charge is 0.481 e. The van der Waals surface area contributed by atoms with Gasteiger partial charge in [-0.25, -0.2) is 8.78 Å². The van der Waals surface area contributed by atoms with Gasteiger partial charge in [-0.3, -0.25) is 9.78 Å². The van der Waals surface area contributed by atoms with Gasteiger partial charge >= 0.3 is 5.97 Å². The van der Waals surface area contributed by atoms with Crippen LogP contribution in [0.5, 0.6) is 0 Å². The van der Waals surface area contributed by atoms with Crippen molar-refractivity contribution < 1.29 is 18.7 Å². The molecule has 92 valence electrons. The number of carboxylic acids is 1. The topological polar surface area (TPSA) is 50.2 Å². The van der Waals surface area contributed by atoms with Crippen molar-refractivity contribution in [3.05, 3.63) is 29.6 Å². The molecule has 0 aliphatic heterocycles. The second-order valence-corrected chi connectivity index (χ2v) is 4.41. The lowest BCUT2D eigenvalue weighted by Crippen LogP contribution is -2.21. The van der Waals surface area contributed by atoms with E-state index < -0.39 is 17.6 Å². The molecule has 5 heteroatoms. The number of hydrogen-bond donors (Lipinski definition) is 1. The lowest BCUT2D eigenvalue weighted by Gasteiger charge is -2.25. The fraction of sp³-hybridized carbons (Fsp3) is 0.500. The summed E-state index contributed by atoms with van der Waals surface area (Å²) in [7, 11) is 0. The molecule has 0 amide bonds. The summed E-state index contributed by atoms with van der Waals surface area (Å²) in [4.78, 5) is 14.5. The van der Waals surface area contributed by atoms with E-state index in [0.29, 0.717) is 25.7 Å². The van der Waals surface area contributed by atoms with Crippen LogP contribution in [0, 0.1) is 17.6 Å². The molecule has 1 aromatic heterocycles. The summed E-state index contributed by atoms with van der Waals surface area (Å²) in [5.41, 5.74) is 0.259. The van der Waals surface area contributed by atoms with E-state index in [1.165, 1.54) is 0 Å². The maximum atomic E-state index is 13.5. The maximum Gasteiger partial charge on any atom is 0.306 e. The fourth-order valence-electron chi connectivity index (χ4n) is 2.34. The van der Waals surface area contributed by atoms with Crippen LogP contribution >= 0.6 is 0 Å². The van der Waals surface area contributed by atoms with Gasteiger partial charge in [-0.15, -0.1) is 0 Å². The molecule has 0 radical (unpaired) electrons. The second-order valence-electron chi connectivity index (χ2n) is 4.41. The van der Waals surface area contributed by atoms with Crippen molar-refractivity contribution in [3.8, 4) is 0 Å². The van der Waals surface area contributed by atoms with Gasteiger partial charge in [0, 0.05) is 12.0 Å². The van der Waals surface area contributed by atoms with Crippen molar-refractivity contribution in [2.75, 3.05) is 0 Å². The maximum absolute atomic E-state index is 13.5. The van der Waals surface area contributed by atoms with Crippen LogP contribution in [0.25, 0.3) is 0 Å². The first kappa shape index (κ1) is 12.0. The average Bonchev–Trinajstić information content (AvgIpc) is 2.29. The Labute approximate surface area is 97.5 Å². The zero-order valence-corrected chi connectivity index (χ0v) is 9.20. The van der Waals surface area contributed by atoms with Crippen molar-refractivity contribution >= 4 is 5.97 Å². The van der Waals surface area contributed by atoms with Crippen molar-refractivity contribution in [1.82, 2.24) is 4.98 Å².